The van der Waals surface area contributed by atoms with Crippen LogP contribution in [0.15, 0.2) is 42.5 Å². The lowest BCUT2D eigenvalue weighted by atomic mass is 10.1. The maximum absolute atomic E-state index is 13.1. The van der Waals surface area contributed by atoms with Crippen molar-refractivity contribution in [3.63, 3.8) is 0 Å². The van der Waals surface area contributed by atoms with E-state index < -0.39 is 10.8 Å². The SMILES string of the molecule is CNC(=O)CN(C(=O)c1cc(C)ccc1[N+](=O)[O-])c1ccccc1C. The number of nitro benzene ring substituents is 1. The van der Waals surface area contributed by atoms with E-state index in [1.54, 1.807) is 25.1 Å². The summed E-state index contributed by atoms with van der Waals surface area (Å²) in [5, 5.41) is 13.8. The van der Waals surface area contributed by atoms with E-state index in [9.17, 15) is 19.7 Å². The zero-order valence-electron chi connectivity index (χ0n) is 14.3. The van der Waals surface area contributed by atoms with Crippen LogP contribution in [-0.2, 0) is 4.79 Å². The number of likely N-dealkylation sites (N-methyl/N-ethyl adjacent to an activating group) is 1. The number of carbonyl (C=O) groups excluding carboxylic acids is 2. The van der Waals surface area contributed by atoms with Gasteiger partial charge in [0.25, 0.3) is 11.6 Å². The minimum Gasteiger partial charge on any atom is -0.358 e. The molecule has 0 bridgehead atoms. The highest BCUT2D eigenvalue weighted by Gasteiger charge is 2.27. The lowest BCUT2D eigenvalue weighted by Crippen LogP contribution is -2.40. The molecule has 0 unspecified atom stereocenters. The Morgan fingerprint density at radius 3 is 2.44 bits per heavy atom. The molecule has 2 aromatic carbocycles. The normalized spacial score (nSPS) is 10.2. The van der Waals surface area contributed by atoms with Crippen molar-refractivity contribution in [2.24, 2.45) is 0 Å². The Morgan fingerprint density at radius 1 is 1.16 bits per heavy atom. The monoisotopic (exact) mass is 341 g/mol. The number of carbonyl (C=O) groups is 2. The van der Waals surface area contributed by atoms with Gasteiger partial charge in [0.15, 0.2) is 0 Å². The molecule has 25 heavy (non-hydrogen) atoms. The summed E-state index contributed by atoms with van der Waals surface area (Å²) >= 11 is 0. The Kier molecular flexibility index (Phi) is 5.49. The van der Waals surface area contributed by atoms with E-state index in [2.05, 4.69) is 5.32 Å². The number of benzene rings is 2. The molecule has 0 aromatic heterocycles. The lowest BCUT2D eigenvalue weighted by Gasteiger charge is -2.24. The first-order valence-electron chi connectivity index (χ1n) is 7.68. The number of aryl methyl sites for hydroxylation is 2. The zero-order chi connectivity index (χ0) is 18.6. The molecule has 2 amide bonds. The fourth-order valence-electron chi connectivity index (χ4n) is 2.48. The summed E-state index contributed by atoms with van der Waals surface area (Å²) in [5.41, 5.74) is 1.71. The maximum atomic E-state index is 13.1. The second-order valence-electron chi connectivity index (χ2n) is 5.63. The highest BCUT2D eigenvalue weighted by molar-refractivity contribution is 6.11. The molecule has 130 valence electrons. The summed E-state index contributed by atoms with van der Waals surface area (Å²) in [5.74, 6) is -0.958. The van der Waals surface area contributed by atoms with Crippen LogP contribution < -0.4 is 10.2 Å². The molecule has 0 aliphatic rings. The predicted octanol–water partition coefficient (Wildman–Crippen LogP) is 2.60. The molecule has 7 heteroatoms. The minimum absolute atomic E-state index is 0.0443. The van der Waals surface area contributed by atoms with Gasteiger partial charge in [0, 0.05) is 18.8 Å². The molecule has 0 radical (unpaired) electrons. The van der Waals surface area contributed by atoms with Crippen molar-refractivity contribution in [3.05, 3.63) is 69.3 Å². The Labute approximate surface area is 145 Å². The van der Waals surface area contributed by atoms with Gasteiger partial charge in [0.05, 0.1) is 4.92 Å². The second-order valence-corrected chi connectivity index (χ2v) is 5.63. The second kappa shape index (κ2) is 7.57. The van der Waals surface area contributed by atoms with Crippen LogP contribution in [-0.4, -0.2) is 30.3 Å². The third kappa shape index (κ3) is 4.00. The third-order valence-electron chi connectivity index (χ3n) is 3.81. The van der Waals surface area contributed by atoms with E-state index >= 15 is 0 Å². The first kappa shape index (κ1) is 18.1. The molecule has 1 N–H and O–H groups in total. The Hall–Kier alpha value is -3.22. The number of rotatable bonds is 5. The van der Waals surface area contributed by atoms with Gasteiger partial charge in [-0.25, -0.2) is 0 Å². The molecule has 2 rings (SSSR count). The quantitative estimate of drug-likeness (QED) is 0.668. The van der Waals surface area contributed by atoms with Crippen molar-refractivity contribution < 1.29 is 14.5 Å². The van der Waals surface area contributed by atoms with E-state index in [-0.39, 0.29) is 23.7 Å². The van der Waals surface area contributed by atoms with Crippen LogP contribution in [0.5, 0.6) is 0 Å². The highest BCUT2D eigenvalue weighted by atomic mass is 16.6. The molecular formula is C18H19N3O4. The molecule has 0 aliphatic carbocycles. The summed E-state index contributed by atoms with van der Waals surface area (Å²) in [6, 6.07) is 11.4. The zero-order valence-corrected chi connectivity index (χ0v) is 14.3. The summed E-state index contributed by atoms with van der Waals surface area (Å²) in [6.07, 6.45) is 0. The first-order chi connectivity index (χ1) is 11.8. The number of hydrogen-bond acceptors (Lipinski definition) is 4. The molecule has 0 saturated carbocycles. The number of nitrogens with zero attached hydrogens (tertiary/aromatic N) is 2. The maximum Gasteiger partial charge on any atom is 0.282 e. The molecular weight excluding hydrogens is 322 g/mol. The Morgan fingerprint density at radius 2 is 1.84 bits per heavy atom. The largest absolute Gasteiger partial charge is 0.358 e. The molecule has 0 fully saturated rings. The Balaban J connectivity index is 2.57. The highest BCUT2D eigenvalue weighted by Crippen LogP contribution is 2.26. The van der Waals surface area contributed by atoms with E-state index in [1.807, 2.05) is 19.1 Å². The van der Waals surface area contributed by atoms with E-state index in [4.69, 9.17) is 0 Å². The standard InChI is InChI=1S/C18H19N3O4/c1-12-8-9-16(21(24)25)14(10-12)18(23)20(11-17(22)19-3)15-7-5-4-6-13(15)2/h4-10H,11H2,1-3H3,(H,19,22). The molecule has 0 heterocycles. The molecule has 0 atom stereocenters. The van der Waals surface area contributed by atoms with Gasteiger partial charge in [-0.1, -0.05) is 24.3 Å². The van der Waals surface area contributed by atoms with Gasteiger partial charge in [0.1, 0.15) is 12.1 Å². The molecule has 0 saturated heterocycles. The van der Waals surface area contributed by atoms with Gasteiger partial charge in [-0.05, 0) is 37.1 Å². The first-order valence-corrected chi connectivity index (χ1v) is 7.68. The number of anilines is 1. The van der Waals surface area contributed by atoms with Crippen molar-refractivity contribution in [2.75, 3.05) is 18.5 Å². The van der Waals surface area contributed by atoms with Crippen LogP contribution in [0.3, 0.4) is 0 Å². The fourth-order valence-corrected chi connectivity index (χ4v) is 2.48. The summed E-state index contributed by atoms with van der Waals surface area (Å²) in [6.45, 7) is 3.33. The van der Waals surface area contributed by atoms with Crippen LogP contribution in [0.4, 0.5) is 11.4 Å². The number of nitro groups is 1. The van der Waals surface area contributed by atoms with Crippen molar-refractivity contribution >= 4 is 23.2 Å². The molecule has 0 spiro atoms. The van der Waals surface area contributed by atoms with Crippen LogP contribution in [0.1, 0.15) is 21.5 Å². The van der Waals surface area contributed by atoms with Crippen LogP contribution >= 0.6 is 0 Å². The van der Waals surface area contributed by atoms with Crippen LogP contribution in [0.25, 0.3) is 0 Å². The minimum atomic E-state index is -0.595. The predicted molar refractivity (Wildman–Crippen MR) is 94.8 cm³/mol. The molecule has 2 aromatic rings. The van der Waals surface area contributed by atoms with Crippen LogP contribution in [0, 0.1) is 24.0 Å². The van der Waals surface area contributed by atoms with Gasteiger partial charge in [0.2, 0.25) is 5.91 Å². The van der Waals surface area contributed by atoms with Crippen molar-refractivity contribution in [3.8, 4) is 0 Å². The van der Waals surface area contributed by atoms with E-state index in [1.165, 1.54) is 24.1 Å². The fraction of sp³-hybridized carbons (Fsp3) is 0.222. The van der Waals surface area contributed by atoms with Gasteiger partial charge in [-0.2, -0.15) is 0 Å². The van der Waals surface area contributed by atoms with Crippen molar-refractivity contribution in [2.45, 2.75) is 13.8 Å². The van der Waals surface area contributed by atoms with Crippen molar-refractivity contribution in [1.82, 2.24) is 5.32 Å². The summed E-state index contributed by atoms with van der Waals surface area (Å²) < 4.78 is 0. The third-order valence-corrected chi connectivity index (χ3v) is 3.81. The average Bonchev–Trinajstić information content (AvgIpc) is 2.59. The lowest BCUT2D eigenvalue weighted by molar-refractivity contribution is -0.385. The summed E-state index contributed by atoms with van der Waals surface area (Å²) in [7, 11) is 1.47. The van der Waals surface area contributed by atoms with Gasteiger partial charge < -0.3 is 5.32 Å². The van der Waals surface area contributed by atoms with E-state index in [0.29, 0.717) is 5.69 Å². The molecule has 7 nitrogen and oxygen atoms in total. The van der Waals surface area contributed by atoms with Gasteiger partial charge in [-0.15, -0.1) is 0 Å². The summed E-state index contributed by atoms with van der Waals surface area (Å²) in [4.78, 5) is 36.9. The Bertz CT molecular complexity index is 833. The number of nitrogens with one attached hydrogen (secondary N) is 1. The van der Waals surface area contributed by atoms with Gasteiger partial charge >= 0.3 is 0 Å². The number of para-hydroxylation sites is 1. The topological polar surface area (TPSA) is 92.6 Å². The molecule has 0 aliphatic heterocycles. The van der Waals surface area contributed by atoms with Gasteiger partial charge in [-0.3, -0.25) is 24.6 Å². The van der Waals surface area contributed by atoms with Crippen LogP contribution in [0.2, 0.25) is 0 Å². The van der Waals surface area contributed by atoms with Crippen molar-refractivity contribution in [1.29, 1.82) is 0 Å². The average molecular weight is 341 g/mol. The number of hydrogen-bond donors (Lipinski definition) is 1. The smallest absolute Gasteiger partial charge is 0.282 e. The number of amides is 2. The van der Waals surface area contributed by atoms with E-state index in [0.717, 1.165) is 11.1 Å².